The molecule has 1 aliphatic rings. The summed E-state index contributed by atoms with van der Waals surface area (Å²) in [5, 5.41) is 11.3. The summed E-state index contributed by atoms with van der Waals surface area (Å²) < 4.78 is 10.6. The van der Waals surface area contributed by atoms with Crippen LogP contribution in [0.2, 0.25) is 0 Å². The van der Waals surface area contributed by atoms with Crippen LogP contribution in [-0.4, -0.2) is 46.5 Å². The molecule has 180 valence electrons. The third kappa shape index (κ3) is 4.52. The van der Waals surface area contributed by atoms with E-state index in [1.165, 1.54) is 24.4 Å². The number of amides is 1. The van der Waals surface area contributed by atoms with Gasteiger partial charge in [0.1, 0.15) is 16.4 Å². The molecule has 0 aliphatic carbocycles. The molecule has 1 unspecified atom stereocenters. The Labute approximate surface area is 205 Å². The van der Waals surface area contributed by atoms with E-state index >= 15 is 0 Å². The first-order chi connectivity index (χ1) is 16.9. The number of pyridine rings is 1. The summed E-state index contributed by atoms with van der Waals surface area (Å²) in [4.78, 5) is 48.5. The summed E-state index contributed by atoms with van der Waals surface area (Å²) in [5.74, 6) is -2.09. The molecule has 1 aliphatic heterocycles. The quantitative estimate of drug-likeness (QED) is 0.227. The van der Waals surface area contributed by atoms with E-state index in [9.17, 15) is 19.5 Å². The third-order valence-corrected chi connectivity index (χ3v) is 6.54. The zero-order valence-electron chi connectivity index (χ0n) is 19.3. The lowest BCUT2D eigenvalue weighted by atomic mass is 9.95. The van der Waals surface area contributed by atoms with Crippen molar-refractivity contribution < 1.29 is 29.0 Å². The molecule has 35 heavy (non-hydrogen) atoms. The van der Waals surface area contributed by atoms with Crippen LogP contribution in [0.15, 0.2) is 54.4 Å². The average Bonchev–Trinajstić information content (AvgIpc) is 3.39. The van der Waals surface area contributed by atoms with Gasteiger partial charge in [0.15, 0.2) is 5.13 Å². The molecule has 0 bridgehead atoms. The van der Waals surface area contributed by atoms with Crippen molar-refractivity contribution in [2.45, 2.75) is 26.3 Å². The van der Waals surface area contributed by atoms with Crippen LogP contribution in [0.1, 0.15) is 45.9 Å². The maximum absolute atomic E-state index is 13.3. The number of nitrogens with zero attached hydrogens (tertiary/aromatic N) is 3. The highest BCUT2D eigenvalue weighted by atomic mass is 32.1. The summed E-state index contributed by atoms with van der Waals surface area (Å²) in [7, 11) is 1.25. The maximum atomic E-state index is 13.3. The highest BCUT2D eigenvalue weighted by Crippen LogP contribution is 2.44. The number of carbonyl (C=O) groups excluding carboxylic acids is 3. The molecule has 0 spiro atoms. The Morgan fingerprint density at radius 3 is 2.63 bits per heavy atom. The highest BCUT2D eigenvalue weighted by Gasteiger charge is 2.48. The van der Waals surface area contributed by atoms with Gasteiger partial charge in [-0.2, -0.15) is 0 Å². The van der Waals surface area contributed by atoms with Gasteiger partial charge >= 0.3 is 11.9 Å². The number of hydrogen-bond donors (Lipinski definition) is 1. The molecule has 3 aromatic rings. The third-order valence-electron chi connectivity index (χ3n) is 5.41. The van der Waals surface area contributed by atoms with Crippen molar-refractivity contribution >= 4 is 39.9 Å². The number of aliphatic hydroxyl groups excluding tert-OH is 1. The Morgan fingerprint density at radius 1 is 1.20 bits per heavy atom. The molecule has 0 saturated carbocycles. The van der Waals surface area contributed by atoms with E-state index in [1.54, 1.807) is 43.3 Å². The van der Waals surface area contributed by atoms with Gasteiger partial charge < -0.3 is 14.6 Å². The minimum atomic E-state index is -0.996. The summed E-state index contributed by atoms with van der Waals surface area (Å²) in [5.41, 5.74) is 1.15. The van der Waals surface area contributed by atoms with Crippen molar-refractivity contribution in [2.75, 3.05) is 18.6 Å². The molecule has 0 radical (unpaired) electrons. The Bertz CT molecular complexity index is 1320. The number of aliphatic hydroxyl groups is 1. The van der Waals surface area contributed by atoms with Gasteiger partial charge in [-0.25, -0.2) is 9.78 Å². The number of ether oxygens (including phenoxy) is 2. The Kier molecular flexibility index (Phi) is 6.92. The van der Waals surface area contributed by atoms with E-state index in [0.717, 1.165) is 17.8 Å². The van der Waals surface area contributed by atoms with Crippen molar-refractivity contribution in [3.8, 4) is 5.75 Å². The number of thiazole rings is 1. The number of anilines is 1. The molecular formula is C25H23N3O6S. The van der Waals surface area contributed by atoms with Gasteiger partial charge in [0, 0.05) is 18.0 Å². The first-order valence-corrected chi connectivity index (χ1v) is 11.7. The predicted molar refractivity (Wildman–Crippen MR) is 129 cm³/mol. The van der Waals surface area contributed by atoms with Crippen LogP contribution in [0.4, 0.5) is 5.13 Å². The fourth-order valence-corrected chi connectivity index (χ4v) is 4.78. The van der Waals surface area contributed by atoms with Gasteiger partial charge in [-0.15, -0.1) is 0 Å². The number of hydrogen-bond acceptors (Lipinski definition) is 9. The molecule has 1 atom stereocenters. The normalized spacial score (nSPS) is 17.0. The van der Waals surface area contributed by atoms with Crippen LogP contribution in [0, 0.1) is 6.92 Å². The van der Waals surface area contributed by atoms with E-state index in [2.05, 4.69) is 9.97 Å². The minimum Gasteiger partial charge on any atom is -0.507 e. The topological polar surface area (TPSA) is 119 Å². The SMILES string of the molecule is CCCOc1cccc(C2/C(=C(\O)c3ccncc3)C(=O)C(=O)N2c2nc(C)c(C(=O)OC)s2)c1. The first kappa shape index (κ1) is 24.1. The second-order valence-corrected chi connectivity index (χ2v) is 8.71. The lowest BCUT2D eigenvalue weighted by Crippen LogP contribution is -2.29. The number of Topliss-reactive ketones (excluding diaryl/α,β-unsaturated/α-hetero) is 1. The van der Waals surface area contributed by atoms with E-state index in [0.29, 0.717) is 29.2 Å². The van der Waals surface area contributed by atoms with Crippen molar-refractivity contribution in [3.05, 3.63) is 76.1 Å². The predicted octanol–water partition coefficient (Wildman–Crippen LogP) is 4.05. The number of aromatic nitrogens is 2. The molecule has 1 aromatic carbocycles. The standard InChI is InChI=1S/C25H23N3O6S/c1-4-12-34-17-7-5-6-16(13-17)19-18(20(29)15-8-10-26-11-9-15)21(30)23(31)28(19)25-27-14(2)22(35-25)24(32)33-3/h5-11,13,19,29H,4,12H2,1-3H3/b20-18+. The van der Waals surface area contributed by atoms with Gasteiger partial charge in [0.2, 0.25) is 0 Å². The van der Waals surface area contributed by atoms with Crippen LogP contribution in [0.25, 0.3) is 5.76 Å². The van der Waals surface area contributed by atoms with Crippen molar-refractivity contribution in [2.24, 2.45) is 0 Å². The molecule has 3 heterocycles. The molecule has 4 rings (SSSR count). The molecule has 1 saturated heterocycles. The van der Waals surface area contributed by atoms with Gasteiger partial charge in [-0.3, -0.25) is 19.5 Å². The molecule has 9 nitrogen and oxygen atoms in total. The lowest BCUT2D eigenvalue weighted by molar-refractivity contribution is -0.132. The highest BCUT2D eigenvalue weighted by molar-refractivity contribution is 7.17. The molecular weight excluding hydrogens is 470 g/mol. The smallest absolute Gasteiger partial charge is 0.350 e. The molecule has 10 heteroatoms. The molecule has 1 N–H and O–H groups in total. The van der Waals surface area contributed by atoms with Crippen LogP contribution in [0.3, 0.4) is 0 Å². The second kappa shape index (κ2) is 10.1. The van der Waals surface area contributed by atoms with Crippen LogP contribution >= 0.6 is 11.3 Å². The fraction of sp³-hybridized carbons (Fsp3) is 0.240. The van der Waals surface area contributed by atoms with Crippen molar-refractivity contribution in [3.63, 3.8) is 0 Å². The zero-order chi connectivity index (χ0) is 25.1. The summed E-state index contributed by atoms with van der Waals surface area (Å²) >= 11 is 0.943. The number of benzene rings is 1. The zero-order valence-corrected chi connectivity index (χ0v) is 20.2. The fourth-order valence-electron chi connectivity index (χ4n) is 3.77. The Morgan fingerprint density at radius 2 is 1.94 bits per heavy atom. The maximum Gasteiger partial charge on any atom is 0.350 e. The largest absolute Gasteiger partial charge is 0.507 e. The van der Waals surface area contributed by atoms with Gasteiger partial charge in [-0.1, -0.05) is 30.4 Å². The van der Waals surface area contributed by atoms with E-state index < -0.39 is 23.7 Å². The molecule has 1 fully saturated rings. The number of methoxy groups -OCH3 is 1. The summed E-state index contributed by atoms with van der Waals surface area (Å²) in [6.45, 7) is 4.10. The molecule has 1 amide bonds. The van der Waals surface area contributed by atoms with Crippen LogP contribution in [-0.2, 0) is 14.3 Å². The van der Waals surface area contributed by atoms with Gasteiger partial charge in [-0.05, 0) is 43.2 Å². The van der Waals surface area contributed by atoms with E-state index in [1.807, 2.05) is 6.92 Å². The van der Waals surface area contributed by atoms with E-state index in [-0.39, 0.29) is 21.3 Å². The summed E-state index contributed by atoms with van der Waals surface area (Å²) in [6.07, 6.45) is 3.76. The van der Waals surface area contributed by atoms with Gasteiger partial charge in [0.25, 0.3) is 5.78 Å². The Hall–Kier alpha value is -4.05. The monoisotopic (exact) mass is 493 g/mol. The minimum absolute atomic E-state index is 0.0960. The number of carbonyl (C=O) groups is 3. The first-order valence-electron chi connectivity index (χ1n) is 10.9. The lowest BCUT2D eigenvalue weighted by Gasteiger charge is -2.23. The number of ketones is 1. The number of aryl methyl sites for hydroxylation is 1. The average molecular weight is 494 g/mol. The van der Waals surface area contributed by atoms with Crippen molar-refractivity contribution in [1.82, 2.24) is 9.97 Å². The number of esters is 1. The second-order valence-electron chi connectivity index (χ2n) is 7.73. The molecule has 2 aromatic heterocycles. The van der Waals surface area contributed by atoms with Crippen molar-refractivity contribution in [1.29, 1.82) is 0 Å². The van der Waals surface area contributed by atoms with Gasteiger partial charge in [0.05, 0.1) is 31.0 Å². The Balaban J connectivity index is 1.91. The summed E-state index contributed by atoms with van der Waals surface area (Å²) in [6, 6.07) is 9.08. The van der Waals surface area contributed by atoms with E-state index in [4.69, 9.17) is 9.47 Å². The van der Waals surface area contributed by atoms with Crippen LogP contribution < -0.4 is 9.64 Å². The van der Waals surface area contributed by atoms with Crippen LogP contribution in [0.5, 0.6) is 5.75 Å². The number of rotatable bonds is 7.